The van der Waals surface area contributed by atoms with Gasteiger partial charge in [-0.2, -0.15) is 8.78 Å². The summed E-state index contributed by atoms with van der Waals surface area (Å²) in [5.41, 5.74) is 0.190. The summed E-state index contributed by atoms with van der Waals surface area (Å²) in [6, 6.07) is 0. The summed E-state index contributed by atoms with van der Waals surface area (Å²) in [6.07, 6.45) is 1.08. The van der Waals surface area contributed by atoms with E-state index in [1.165, 1.54) is 0 Å². The van der Waals surface area contributed by atoms with E-state index in [4.69, 9.17) is 4.74 Å². The first kappa shape index (κ1) is 10.1. The third kappa shape index (κ3) is 1.46. The summed E-state index contributed by atoms with van der Waals surface area (Å²) < 4.78 is 30.1. The first-order chi connectivity index (χ1) is 6.68. The highest BCUT2D eigenvalue weighted by Crippen LogP contribution is 2.42. The molecule has 4 heteroatoms. The highest BCUT2D eigenvalue weighted by atomic mass is 19.3. The Balaban J connectivity index is 2.19. The van der Waals surface area contributed by atoms with Crippen molar-refractivity contribution in [2.75, 3.05) is 26.8 Å². The molecule has 1 atom stereocenters. The number of rotatable bonds is 2. The van der Waals surface area contributed by atoms with Crippen molar-refractivity contribution in [2.24, 2.45) is 0 Å². The van der Waals surface area contributed by atoms with Gasteiger partial charge in [0.15, 0.2) is 0 Å². The molecule has 0 aromatic heterocycles. The van der Waals surface area contributed by atoms with E-state index in [1.54, 1.807) is 7.11 Å². The standard InChI is InChI=1S/C10H15F2NO/c1-14-7-10-3-2-4-13(10)6-8(5-10)9(11)12/h2-7H2,1H3/t10-/m0/s1. The van der Waals surface area contributed by atoms with Crippen molar-refractivity contribution in [3.63, 3.8) is 0 Å². The highest BCUT2D eigenvalue weighted by Gasteiger charge is 2.47. The van der Waals surface area contributed by atoms with Crippen LogP contribution in [-0.4, -0.2) is 37.2 Å². The van der Waals surface area contributed by atoms with E-state index in [2.05, 4.69) is 4.90 Å². The van der Waals surface area contributed by atoms with Crippen molar-refractivity contribution in [2.45, 2.75) is 24.8 Å². The van der Waals surface area contributed by atoms with Crippen molar-refractivity contribution in [1.29, 1.82) is 0 Å². The molecule has 2 aliphatic heterocycles. The first-order valence-electron chi connectivity index (χ1n) is 4.95. The normalized spacial score (nSPS) is 32.4. The molecule has 0 N–H and O–H groups in total. The Morgan fingerprint density at radius 3 is 3.00 bits per heavy atom. The van der Waals surface area contributed by atoms with Gasteiger partial charge in [-0.25, -0.2) is 0 Å². The Bertz CT molecular complexity index is 263. The number of halogens is 2. The molecule has 0 bridgehead atoms. The lowest BCUT2D eigenvalue weighted by Crippen LogP contribution is -2.42. The minimum absolute atomic E-state index is 0.118. The van der Waals surface area contributed by atoms with Gasteiger partial charge in [-0.15, -0.1) is 0 Å². The summed E-state index contributed by atoms with van der Waals surface area (Å²) in [5, 5.41) is 0. The van der Waals surface area contributed by atoms with Crippen LogP contribution < -0.4 is 0 Å². The molecule has 0 aliphatic carbocycles. The molecule has 0 aromatic rings. The Hall–Kier alpha value is -0.480. The van der Waals surface area contributed by atoms with Gasteiger partial charge in [-0.1, -0.05) is 0 Å². The number of hydrogen-bond donors (Lipinski definition) is 0. The lowest BCUT2D eigenvalue weighted by Gasteiger charge is -2.30. The van der Waals surface area contributed by atoms with Crippen molar-refractivity contribution < 1.29 is 13.5 Å². The summed E-state index contributed by atoms with van der Waals surface area (Å²) in [6.45, 7) is 1.94. The summed E-state index contributed by atoms with van der Waals surface area (Å²) >= 11 is 0. The third-order valence-corrected chi connectivity index (χ3v) is 3.35. The van der Waals surface area contributed by atoms with Crippen LogP contribution in [0.15, 0.2) is 11.7 Å². The van der Waals surface area contributed by atoms with Crippen molar-refractivity contribution in [1.82, 2.24) is 4.90 Å². The van der Waals surface area contributed by atoms with Crippen LogP contribution in [-0.2, 0) is 4.74 Å². The lowest BCUT2D eigenvalue weighted by atomic mass is 9.94. The Kier molecular flexibility index (Phi) is 2.58. The SMILES string of the molecule is COC[C@@]12CCCN1CC(=C(F)F)C2. The molecule has 0 unspecified atom stereocenters. The van der Waals surface area contributed by atoms with Gasteiger partial charge in [0.2, 0.25) is 0 Å². The average molecular weight is 203 g/mol. The van der Waals surface area contributed by atoms with Gasteiger partial charge >= 0.3 is 0 Å². The fourth-order valence-electron chi connectivity index (χ4n) is 2.73. The molecule has 2 saturated heterocycles. The van der Waals surface area contributed by atoms with Crippen molar-refractivity contribution in [3.05, 3.63) is 11.7 Å². The number of ether oxygens (including phenoxy) is 1. The maximum Gasteiger partial charge on any atom is 0.270 e. The first-order valence-corrected chi connectivity index (χ1v) is 4.95. The predicted molar refractivity (Wildman–Crippen MR) is 49.3 cm³/mol. The van der Waals surface area contributed by atoms with Crippen LogP contribution in [0.2, 0.25) is 0 Å². The molecule has 0 amide bonds. The van der Waals surface area contributed by atoms with E-state index in [9.17, 15) is 8.78 Å². The maximum atomic E-state index is 12.5. The molecule has 0 radical (unpaired) electrons. The topological polar surface area (TPSA) is 12.5 Å². The second-order valence-electron chi connectivity index (χ2n) is 4.22. The molecule has 2 aliphatic rings. The number of methoxy groups -OCH3 is 1. The van der Waals surface area contributed by atoms with Gasteiger partial charge in [0.25, 0.3) is 6.08 Å². The van der Waals surface area contributed by atoms with E-state index < -0.39 is 6.08 Å². The minimum atomic E-state index is -1.49. The quantitative estimate of drug-likeness (QED) is 0.680. The fraction of sp³-hybridized carbons (Fsp3) is 0.800. The molecule has 2 fully saturated rings. The molecule has 0 aromatic carbocycles. The molecule has 14 heavy (non-hydrogen) atoms. The molecular weight excluding hydrogens is 188 g/mol. The zero-order valence-corrected chi connectivity index (χ0v) is 8.35. The summed E-state index contributed by atoms with van der Waals surface area (Å²) in [7, 11) is 1.64. The molecule has 2 nitrogen and oxygen atoms in total. The van der Waals surface area contributed by atoms with Gasteiger partial charge in [-0.05, 0) is 25.8 Å². The van der Waals surface area contributed by atoms with Crippen LogP contribution in [0.3, 0.4) is 0 Å². The monoisotopic (exact) mass is 203 g/mol. The van der Waals surface area contributed by atoms with Crippen LogP contribution in [0.1, 0.15) is 19.3 Å². The molecule has 2 heterocycles. The number of hydrogen-bond acceptors (Lipinski definition) is 2. The number of fused-ring (bicyclic) bond motifs is 1. The second kappa shape index (κ2) is 3.59. The van der Waals surface area contributed by atoms with Crippen LogP contribution in [0.25, 0.3) is 0 Å². The minimum Gasteiger partial charge on any atom is -0.383 e. The zero-order valence-electron chi connectivity index (χ0n) is 8.35. The van der Waals surface area contributed by atoms with Crippen LogP contribution >= 0.6 is 0 Å². The van der Waals surface area contributed by atoms with Gasteiger partial charge in [-0.3, -0.25) is 4.90 Å². The average Bonchev–Trinajstić information content (AvgIpc) is 2.60. The van der Waals surface area contributed by atoms with Gasteiger partial charge < -0.3 is 4.74 Å². The smallest absolute Gasteiger partial charge is 0.270 e. The highest BCUT2D eigenvalue weighted by molar-refractivity contribution is 5.21. The number of nitrogens with zero attached hydrogens (tertiary/aromatic N) is 1. The van der Waals surface area contributed by atoms with E-state index >= 15 is 0 Å². The van der Waals surface area contributed by atoms with Crippen molar-refractivity contribution >= 4 is 0 Å². The Morgan fingerprint density at radius 2 is 2.36 bits per heavy atom. The molecule has 0 saturated carbocycles. The summed E-state index contributed by atoms with van der Waals surface area (Å²) in [5.74, 6) is 0. The van der Waals surface area contributed by atoms with E-state index in [-0.39, 0.29) is 5.54 Å². The molecular formula is C10H15F2NO. The van der Waals surface area contributed by atoms with E-state index in [1.807, 2.05) is 0 Å². The zero-order chi connectivity index (χ0) is 10.2. The maximum absolute atomic E-state index is 12.5. The van der Waals surface area contributed by atoms with Gasteiger partial charge in [0.05, 0.1) is 6.61 Å². The van der Waals surface area contributed by atoms with Crippen molar-refractivity contribution in [3.8, 4) is 0 Å². The predicted octanol–water partition coefficient (Wildman–Crippen LogP) is 2.02. The molecule has 2 rings (SSSR count). The van der Waals surface area contributed by atoms with Gasteiger partial charge in [0.1, 0.15) is 0 Å². The Morgan fingerprint density at radius 1 is 1.57 bits per heavy atom. The third-order valence-electron chi connectivity index (χ3n) is 3.35. The largest absolute Gasteiger partial charge is 0.383 e. The summed E-state index contributed by atoms with van der Waals surface area (Å²) in [4.78, 5) is 2.14. The Labute approximate surface area is 82.5 Å². The molecule has 80 valence electrons. The van der Waals surface area contributed by atoms with Crippen LogP contribution in [0, 0.1) is 0 Å². The van der Waals surface area contributed by atoms with Gasteiger partial charge in [0, 0.05) is 24.8 Å². The van der Waals surface area contributed by atoms with E-state index in [0.717, 1.165) is 19.4 Å². The van der Waals surface area contributed by atoms with E-state index in [0.29, 0.717) is 25.1 Å². The lowest BCUT2D eigenvalue weighted by molar-refractivity contribution is 0.0656. The van der Waals surface area contributed by atoms with Crippen LogP contribution in [0.5, 0.6) is 0 Å². The second-order valence-corrected chi connectivity index (χ2v) is 4.22. The molecule has 0 spiro atoms. The van der Waals surface area contributed by atoms with Crippen LogP contribution in [0.4, 0.5) is 8.78 Å². The fourth-order valence-corrected chi connectivity index (χ4v) is 2.73.